The van der Waals surface area contributed by atoms with Gasteiger partial charge in [0.05, 0.1) is 6.54 Å². The van der Waals surface area contributed by atoms with E-state index in [1.807, 2.05) is 13.0 Å². The molecule has 2 amide bonds. The van der Waals surface area contributed by atoms with E-state index in [1.165, 1.54) is 6.07 Å². The van der Waals surface area contributed by atoms with Crippen LogP contribution in [0, 0.1) is 6.92 Å². The summed E-state index contributed by atoms with van der Waals surface area (Å²) in [5.74, 6) is 0.407. The van der Waals surface area contributed by atoms with Crippen molar-refractivity contribution in [3.63, 3.8) is 0 Å². The highest BCUT2D eigenvalue weighted by molar-refractivity contribution is 5.82. The van der Waals surface area contributed by atoms with E-state index in [4.69, 9.17) is 9.15 Å². The van der Waals surface area contributed by atoms with Crippen LogP contribution in [0.1, 0.15) is 25.3 Å². The first-order valence-electron chi connectivity index (χ1n) is 10.4. The Kier molecular flexibility index (Phi) is 7.46. The maximum absolute atomic E-state index is 12.5. The molecule has 1 aliphatic heterocycles. The minimum atomic E-state index is -0.412. The quantitative estimate of drug-likeness (QED) is 0.519. The molecule has 0 saturated carbocycles. The maximum atomic E-state index is 12.5. The number of carbonyl (C=O) groups excluding carboxylic acids is 2. The maximum Gasteiger partial charge on any atom is 0.336 e. The van der Waals surface area contributed by atoms with Gasteiger partial charge in [0.2, 0.25) is 5.91 Å². The van der Waals surface area contributed by atoms with Gasteiger partial charge in [0.15, 0.2) is 6.61 Å². The van der Waals surface area contributed by atoms with E-state index in [0.29, 0.717) is 50.6 Å². The van der Waals surface area contributed by atoms with E-state index in [-0.39, 0.29) is 18.4 Å². The SMILES string of the molecule is CCCCNC(=O)CN1CCN(C(=O)COc2ccc3c(C)cc(=O)oc3c2)CC1. The highest BCUT2D eigenvalue weighted by Gasteiger charge is 2.22. The van der Waals surface area contributed by atoms with Crippen molar-refractivity contribution in [2.45, 2.75) is 26.7 Å². The molecule has 8 nitrogen and oxygen atoms in total. The third-order valence-electron chi connectivity index (χ3n) is 5.23. The summed E-state index contributed by atoms with van der Waals surface area (Å²) in [5.41, 5.74) is 0.863. The number of nitrogens with one attached hydrogen (secondary N) is 1. The van der Waals surface area contributed by atoms with Gasteiger partial charge in [0.25, 0.3) is 5.91 Å². The zero-order valence-electron chi connectivity index (χ0n) is 17.6. The number of ether oxygens (including phenoxy) is 1. The topological polar surface area (TPSA) is 92.1 Å². The van der Waals surface area contributed by atoms with Gasteiger partial charge in [0, 0.05) is 50.2 Å². The number of amides is 2. The van der Waals surface area contributed by atoms with Crippen LogP contribution in [0.4, 0.5) is 0 Å². The molecule has 0 bridgehead atoms. The molecule has 0 unspecified atom stereocenters. The minimum absolute atomic E-state index is 0.0322. The first kappa shape index (κ1) is 21.8. The zero-order chi connectivity index (χ0) is 21.5. The van der Waals surface area contributed by atoms with Crippen molar-refractivity contribution in [1.29, 1.82) is 0 Å². The second kappa shape index (κ2) is 10.2. The van der Waals surface area contributed by atoms with E-state index in [9.17, 15) is 14.4 Å². The number of carbonyl (C=O) groups is 2. The van der Waals surface area contributed by atoms with Crippen LogP contribution in [0.2, 0.25) is 0 Å². The van der Waals surface area contributed by atoms with Gasteiger partial charge >= 0.3 is 5.63 Å². The monoisotopic (exact) mass is 415 g/mol. The summed E-state index contributed by atoms with van der Waals surface area (Å²) in [6.45, 7) is 7.38. The number of piperazine rings is 1. The molecular weight excluding hydrogens is 386 g/mol. The number of rotatable bonds is 8. The zero-order valence-corrected chi connectivity index (χ0v) is 17.6. The molecule has 1 saturated heterocycles. The normalized spacial score (nSPS) is 14.7. The molecule has 8 heteroatoms. The Bertz CT molecular complexity index is 947. The number of unbranched alkanes of at least 4 members (excludes halogenated alkanes) is 1. The van der Waals surface area contributed by atoms with Gasteiger partial charge < -0.3 is 19.4 Å². The predicted molar refractivity (Wildman–Crippen MR) is 114 cm³/mol. The van der Waals surface area contributed by atoms with E-state index < -0.39 is 5.63 Å². The second-order valence-corrected chi connectivity index (χ2v) is 7.56. The van der Waals surface area contributed by atoms with Crippen LogP contribution in [-0.4, -0.2) is 67.5 Å². The summed E-state index contributed by atoms with van der Waals surface area (Å²) in [5, 5.41) is 3.75. The first-order valence-corrected chi connectivity index (χ1v) is 10.4. The average molecular weight is 415 g/mol. The van der Waals surface area contributed by atoms with Gasteiger partial charge in [-0.3, -0.25) is 14.5 Å². The predicted octanol–water partition coefficient (Wildman–Crippen LogP) is 1.54. The third kappa shape index (κ3) is 5.82. The highest BCUT2D eigenvalue weighted by atomic mass is 16.5. The lowest BCUT2D eigenvalue weighted by Gasteiger charge is -2.34. The minimum Gasteiger partial charge on any atom is -0.484 e. The lowest BCUT2D eigenvalue weighted by molar-refractivity contribution is -0.135. The number of fused-ring (bicyclic) bond motifs is 1. The van der Waals surface area contributed by atoms with E-state index in [1.54, 1.807) is 17.0 Å². The summed E-state index contributed by atoms with van der Waals surface area (Å²) in [6.07, 6.45) is 2.04. The second-order valence-electron chi connectivity index (χ2n) is 7.56. The highest BCUT2D eigenvalue weighted by Crippen LogP contribution is 2.22. The molecule has 1 aromatic heterocycles. The van der Waals surface area contributed by atoms with Crippen LogP contribution in [0.5, 0.6) is 5.75 Å². The summed E-state index contributed by atoms with van der Waals surface area (Å²) in [4.78, 5) is 39.7. The standard InChI is InChI=1S/C22H29N3O5/c1-3-4-7-23-20(26)14-24-8-10-25(11-9-24)21(27)15-29-17-5-6-18-16(2)12-22(28)30-19(18)13-17/h5-6,12-13H,3-4,7-11,14-15H2,1-2H3,(H,23,26). The molecule has 0 radical (unpaired) electrons. The third-order valence-corrected chi connectivity index (χ3v) is 5.23. The summed E-state index contributed by atoms with van der Waals surface area (Å²) >= 11 is 0. The molecule has 1 fully saturated rings. The van der Waals surface area contributed by atoms with Crippen molar-refractivity contribution in [2.75, 3.05) is 45.9 Å². The Morgan fingerprint density at radius 1 is 1.17 bits per heavy atom. The molecule has 1 aliphatic rings. The molecule has 1 N–H and O–H groups in total. The molecule has 1 aromatic carbocycles. The van der Waals surface area contributed by atoms with Gasteiger partial charge in [-0.05, 0) is 31.0 Å². The molecule has 30 heavy (non-hydrogen) atoms. The van der Waals surface area contributed by atoms with Gasteiger partial charge in [-0.15, -0.1) is 0 Å². The average Bonchev–Trinajstić information content (AvgIpc) is 2.72. The molecule has 162 valence electrons. The fourth-order valence-electron chi connectivity index (χ4n) is 3.45. The number of hydrogen-bond acceptors (Lipinski definition) is 6. The molecule has 2 heterocycles. The molecule has 3 rings (SSSR count). The smallest absolute Gasteiger partial charge is 0.336 e. The Labute approximate surface area is 175 Å². The van der Waals surface area contributed by atoms with Gasteiger partial charge in [-0.1, -0.05) is 13.3 Å². The van der Waals surface area contributed by atoms with E-state index in [2.05, 4.69) is 17.1 Å². The molecule has 0 atom stereocenters. The lowest BCUT2D eigenvalue weighted by Crippen LogP contribution is -2.52. The van der Waals surface area contributed by atoms with Crippen molar-refractivity contribution in [1.82, 2.24) is 15.1 Å². The van der Waals surface area contributed by atoms with Crippen LogP contribution < -0.4 is 15.7 Å². The Morgan fingerprint density at radius 2 is 1.93 bits per heavy atom. The summed E-state index contributed by atoms with van der Waals surface area (Å²) in [7, 11) is 0. The number of aryl methyl sites for hydroxylation is 1. The Morgan fingerprint density at radius 3 is 2.67 bits per heavy atom. The molecule has 2 aromatic rings. The van der Waals surface area contributed by atoms with Crippen molar-refractivity contribution in [3.05, 3.63) is 40.2 Å². The van der Waals surface area contributed by atoms with Crippen LogP contribution in [0.15, 0.2) is 33.5 Å². The number of benzene rings is 1. The summed E-state index contributed by atoms with van der Waals surface area (Å²) in [6, 6.07) is 6.66. The Hall–Kier alpha value is -2.87. The van der Waals surface area contributed by atoms with E-state index >= 15 is 0 Å². The van der Waals surface area contributed by atoms with Gasteiger partial charge in [0.1, 0.15) is 11.3 Å². The van der Waals surface area contributed by atoms with Crippen LogP contribution in [0.25, 0.3) is 11.0 Å². The van der Waals surface area contributed by atoms with Crippen molar-refractivity contribution < 1.29 is 18.7 Å². The van der Waals surface area contributed by atoms with E-state index in [0.717, 1.165) is 23.8 Å². The van der Waals surface area contributed by atoms with Gasteiger partial charge in [-0.2, -0.15) is 0 Å². The fraction of sp³-hybridized carbons (Fsp3) is 0.500. The number of nitrogens with zero attached hydrogens (tertiary/aromatic N) is 2. The van der Waals surface area contributed by atoms with Crippen LogP contribution in [-0.2, 0) is 9.59 Å². The molecule has 0 aliphatic carbocycles. The number of hydrogen-bond donors (Lipinski definition) is 1. The fourth-order valence-corrected chi connectivity index (χ4v) is 3.45. The molecule has 0 spiro atoms. The Balaban J connectivity index is 1.45. The van der Waals surface area contributed by atoms with Crippen LogP contribution in [0.3, 0.4) is 0 Å². The van der Waals surface area contributed by atoms with Crippen molar-refractivity contribution in [2.24, 2.45) is 0 Å². The van der Waals surface area contributed by atoms with Crippen LogP contribution >= 0.6 is 0 Å². The molecular formula is C22H29N3O5. The van der Waals surface area contributed by atoms with Crippen molar-refractivity contribution >= 4 is 22.8 Å². The summed E-state index contributed by atoms with van der Waals surface area (Å²) < 4.78 is 10.8. The lowest BCUT2D eigenvalue weighted by atomic mass is 10.1. The first-order chi connectivity index (χ1) is 14.5. The van der Waals surface area contributed by atoms with Gasteiger partial charge in [-0.25, -0.2) is 4.79 Å². The largest absolute Gasteiger partial charge is 0.484 e. The van der Waals surface area contributed by atoms with Crippen molar-refractivity contribution in [3.8, 4) is 5.75 Å².